The second-order valence-electron chi connectivity index (χ2n) is 9.17. The van der Waals surface area contributed by atoms with Gasteiger partial charge in [0.1, 0.15) is 17.4 Å². The predicted molar refractivity (Wildman–Crippen MR) is 129 cm³/mol. The van der Waals surface area contributed by atoms with Crippen LogP contribution in [0.2, 0.25) is 0 Å². The largest absolute Gasteiger partial charge is 0.495 e. The van der Waals surface area contributed by atoms with Gasteiger partial charge in [0.2, 0.25) is 0 Å². The zero-order valence-electron chi connectivity index (χ0n) is 19.2. The van der Waals surface area contributed by atoms with Gasteiger partial charge >= 0.3 is 0 Å². The molecule has 172 valence electrons. The monoisotopic (exact) mass is 448 g/mol. The van der Waals surface area contributed by atoms with Gasteiger partial charge in [0.05, 0.1) is 12.8 Å². The van der Waals surface area contributed by atoms with Crippen LogP contribution in [-0.4, -0.2) is 44.2 Å². The summed E-state index contributed by atoms with van der Waals surface area (Å²) < 4.78 is 35.4. The predicted octanol–water partition coefficient (Wildman–Crippen LogP) is 5.78. The number of halogens is 2. The van der Waals surface area contributed by atoms with Crippen molar-refractivity contribution in [3.8, 4) is 16.9 Å². The van der Waals surface area contributed by atoms with Crippen LogP contribution in [0.3, 0.4) is 0 Å². The van der Waals surface area contributed by atoms with Gasteiger partial charge in [0, 0.05) is 30.3 Å². The molecule has 3 aromatic rings. The number of hydrogen-bond acceptors (Lipinski definition) is 3. The summed E-state index contributed by atoms with van der Waals surface area (Å²) in [7, 11) is 3.84. The lowest BCUT2D eigenvalue weighted by Crippen LogP contribution is -2.63. The molecule has 3 heterocycles. The maximum absolute atomic E-state index is 15.1. The van der Waals surface area contributed by atoms with Gasteiger partial charge in [-0.15, -0.1) is 0 Å². The van der Waals surface area contributed by atoms with E-state index in [0.29, 0.717) is 23.5 Å². The van der Waals surface area contributed by atoms with E-state index in [9.17, 15) is 4.39 Å². The second kappa shape index (κ2) is 9.14. The Hall–Kier alpha value is -2.92. The third-order valence-electron chi connectivity index (χ3n) is 7.50. The molecule has 3 saturated heterocycles. The summed E-state index contributed by atoms with van der Waals surface area (Å²) in [6, 6.07) is 20.2. The SMILES string of the molecule is COc1ccccc1N(C)[C@@H]1C2CCN(CC2)[C@@H]1Cc1cccc(F)c1-c1ccccc1F. The summed E-state index contributed by atoms with van der Waals surface area (Å²) in [6.45, 7) is 2.10. The minimum absolute atomic E-state index is 0.208. The van der Waals surface area contributed by atoms with Crippen LogP contribution in [0.25, 0.3) is 11.1 Å². The van der Waals surface area contributed by atoms with Gasteiger partial charge in [0.15, 0.2) is 0 Å². The number of piperidine rings is 3. The number of fused-ring (bicyclic) bond motifs is 3. The summed E-state index contributed by atoms with van der Waals surface area (Å²) >= 11 is 0. The minimum atomic E-state index is -0.392. The van der Waals surface area contributed by atoms with Crippen LogP contribution in [-0.2, 0) is 6.42 Å². The van der Waals surface area contributed by atoms with Crippen molar-refractivity contribution in [3.05, 3.63) is 83.9 Å². The lowest BCUT2D eigenvalue weighted by Gasteiger charge is -2.54. The second-order valence-corrected chi connectivity index (χ2v) is 9.17. The maximum Gasteiger partial charge on any atom is 0.142 e. The Kier molecular flexibility index (Phi) is 6.07. The molecule has 3 nitrogen and oxygen atoms in total. The van der Waals surface area contributed by atoms with Gasteiger partial charge < -0.3 is 9.64 Å². The van der Waals surface area contributed by atoms with Crippen LogP contribution < -0.4 is 9.64 Å². The fourth-order valence-corrected chi connectivity index (χ4v) is 5.96. The Morgan fingerprint density at radius 2 is 1.61 bits per heavy atom. The third kappa shape index (κ3) is 3.99. The number of likely N-dealkylation sites (N-methyl/N-ethyl adjacent to an activating group) is 1. The number of para-hydroxylation sites is 2. The molecule has 3 aromatic carbocycles. The van der Waals surface area contributed by atoms with E-state index >= 15 is 4.39 Å². The summed E-state index contributed by atoms with van der Waals surface area (Å²) in [4.78, 5) is 4.88. The number of anilines is 1. The molecule has 0 unspecified atom stereocenters. The molecular weight excluding hydrogens is 418 g/mol. The number of nitrogens with zero attached hydrogens (tertiary/aromatic N) is 2. The molecule has 33 heavy (non-hydrogen) atoms. The normalized spacial score (nSPS) is 24.0. The van der Waals surface area contributed by atoms with E-state index in [4.69, 9.17) is 4.74 Å². The molecule has 0 amide bonds. The summed E-state index contributed by atoms with van der Waals surface area (Å²) in [5.74, 6) is 0.647. The molecule has 3 aliphatic heterocycles. The highest BCUT2D eigenvalue weighted by molar-refractivity contribution is 5.69. The van der Waals surface area contributed by atoms with Crippen LogP contribution in [0.5, 0.6) is 5.75 Å². The smallest absolute Gasteiger partial charge is 0.142 e. The van der Waals surface area contributed by atoms with Crippen molar-refractivity contribution >= 4 is 5.69 Å². The molecular formula is C28H30F2N2O. The molecule has 3 fully saturated rings. The first-order valence-electron chi connectivity index (χ1n) is 11.7. The molecule has 5 heteroatoms. The van der Waals surface area contributed by atoms with Gasteiger partial charge in [-0.3, -0.25) is 4.90 Å². The maximum atomic E-state index is 15.1. The van der Waals surface area contributed by atoms with E-state index in [1.807, 2.05) is 24.3 Å². The first kappa shape index (κ1) is 21.9. The average molecular weight is 449 g/mol. The third-order valence-corrected chi connectivity index (χ3v) is 7.50. The van der Waals surface area contributed by atoms with Crippen molar-refractivity contribution in [2.75, 3.05) is 32.1 Å². The van der Waals surface area contributed by atoms with Crippen LogP contribution in [0.4, 0.5) is 14.5 Å². The first-order valence-corrected chi connectivity index (χ1v) is 11.7. The molecule has 0 aliphatic carbocycles. The molecule has 2 atom stereocenters. The highest BCUT2D eigenvalue weighted by Gasteiger charge is 2.44. The zero-order chi connectivity index (χ0) is 22.9. The van der Waals surface area contributed by atoms with Crippen LogP contribution in [0.15, 0.2) is 66.7 Å². The average Bonchev–Trinajstić information content (AvgIpc) is 2.85. The number of benzene rings is 3. The fraction of sp³-hybridized carbons (Fsp3) is 0.357. The van der Waals surface area contributed by atoms with E-state index in [-0.39, 0.29) is 17.9 Å². The van der Waals surface area contributed by atoms with Crippen molar-refractivity contribution < 1.29 is 13.5 Å². The van der Waals surface area contributed by atoms with Gasteiger partial charge in [0.25, 0.3) is 0 Å². The fourth-order valence-electron chi connectivity index (χ4n) is 5.96. The molecule has 3 aliphatic rings. The first-order chi connectivity index (χ1) is 16.1. The number of rotatable bonds is 6. The number of methoxy groups -OCH3 is 1. The van der Waals surface area contributed by atoms with E-state index in [0.717, 1.165) is 42.9 Å². The molecule has 0 aromatic heterocycles. The Labute approximate surface area is 194 Å². The zero-order valence-corrected chi connectivity index (χ0v) is 19.2. The van der Waals surface area contributed by atoms with E-state index in [1.54, 1.807) is 31.4 Å². The summed E-state index contributed by atoms with van der Waals surface area (Å²) in [6.07, 6.45) is 2.98. The summed E-state index contributed by atoms with van der Waals surface area (Å²) in [5, 5.41) is 0. The Morgan fingerprint density at radius 1 is 0.909 bits per heavy atom. The number of hydrogen-bond donors (Lipinski definition) is 0. The van der Waals surface area contributed by atoms with Crippen molar-refractivity contribution in [3.63, 3.8) is 0 Å². The topological polar surface area (TPSA) is 15.7 Å². The van der Waals surface area contributed by atoms with Gasteiger partial charge in [-0.05, 0) is 68.1 Å². The summed E-state index contributed by atoms with van der Waals surface area (Å²) in [5.41, 5.74) is 2.64. The van der Waals surface area contributed by atoms with E-state index in [2.05, 4.69) is 22.9 Å². The standard InChI is InChI=1S/C28H30F2N2O/c1-31(24-12-5-6-13-26(24)33-2)28-19-14-16-32(17-15-19)25(28)18-20-8-7-11-23(30)27(20)21-9-3-4-10-22(21)29/h3-13,19,25,28H,14-18H2,1-2H3/t25-,28-/m1/s1. The van der Waals surface area contributed by atoms with Gasteiger partial charge in [-0.2, -0.15) is 0 Å². The quantitative estimate of drug-likeness (QED) is 0.475. The minimum Gasteiger partial charge on any atom is -0.495 e. The van der Waals surface area contributed by atoms with Crippen molar-refractivity contribution in [2.45, 2.75) is 31.3 Å². The van der Waals surface area contributed by atoms with Crippen molar-refractivity contribution in [2.24, 2.45) is 5.92 Å². The lowest BCUT2D eigenvalue weighted by atomic mass is 9.75. The van der Waals surface area contributed by atoms with Crippen LogP contribution >= 0.6 is 0 Å². The van der Waals surface area contributed by atoms with Gasteiger partial charge in [-0.25, -0.2) is 8.78 Å². The Bertz CT molecular complexity index is 1130. The van der Waals surface area contributed by atoms with Gasteiger partial charge in [-0.1, -0.05) is 42.5 Å². The van der Waals surface area contributed by atoms with Crippen molar-refractivity contribution in [1.29, 1.82) is 0 Å². The van der Waals surface area contributed by atoms with Crippen LogP contribution in [0, 0.1) is 17.6 Å². The molecule has 0 N–H and O–H groups in total. The Balaban J connectivity index is 1.54. The molecule has 0 spiro atoms. The lowest BCUT2D eigenvalue weighted by molar-refractivity contribution is 0.0268. The van der Waals surface area contributed by atoms with E-state index < -0.39 is 5.82 Å². The molecule has 0 radical (unpaired) electrons. The molecule has 6 rings (SSSR count). The van der Waals surface area contributed by atoms with Crippen LogP contribution in [0.1, 0.15) is 18.4 Å². The number of ether oxygens (including phenoxy) is 1. The van der Waals surface area contributed by atoms with Crippen molar-refractivity contribution in [1.82, 2.24) is 4.90 Å². The molecule has 0 saturated carbocycles. The highest BCUT2D eigenvalue weighted by Crippen LogP contribution is 2.41. The molecule has 2 bridgehead atoms. The highest BCUT2D eigenvalue weighted by atomic mass is 19.1. The van der Waals surface area contributed by atoms with E-state index in [1.165, 1.54) is 12.1 Å². The Morgan fingerprint density at radius 3 is 2.36 bits per heavy atom.